The van der Waals surface area contributed by atoms with E-state index in [4.69, 9.17) is 9.47 Å². The van der Waals surface area contributed by atoms with E-state index >= 15 is 0 Å². The minimum atomic E-state index is -0.534. The second-order valence-electron chi connectivity index (χ2n) is 7.46. The number of rotatable bonds is 11. The summed E-state index contributed by atoms with van der Waals surface area (Å²) >= 11 is 3.71. The van der Waals surface area contributed by atoms with Crippen LogP contribution >= 0.6 is 23.1 Å². The molecule has 0 aliphatic carbocycles. The molecule has 0 unspecified atom stereocenters. The monoisotopic (exact) mass is 485 g/mol. The second-order valence-corrected chi connectivity index (χ2v) is 9.60. The molecule has 2 aromatic carbocycles. The molecule has 1 N–H and O–H groups in total. The molecule has 0 bridgehead atoms. The lowest BCUT2D eigenvalue weighted by Crippen LogP contribution is -2.25. The lowest BCUT2D eigenvalue weighted by Gasteiger charge is -2.13. The Labute approximate surface area is 201 Å². The number of thioether (sulfide) groups is 1. The Morgan fingerprint density at radius 2 is 1.73 bits per heavy atom. The van der Waals surface area contributed by atoms with Crippen LogP contribution in [-0.2, 0) is 15.3 Å². The molecule has 0 atom stereocenters. The third-order valence-corrected chi connectivity index (χ3v) is 6.92. The number of amides is 1. The van der Waals surface area contributed by atoms with E-state index in [1.165, 1.54) is 18.7 Å². The molecular formula is C25H27NO5S2. The van der Waals surface area contributed by atoms with Gasteiger partial charge >= 0.3 is 11.9 Å². The van der Waals surface area contributed by atoms with Crippen LogP contribution in [0.2, 0.25) is 0 Å². The van der Waals surface area contributed by atoms with Crippen LogP contribution in [0, 0.1) is 0 Å². The maximum atomic E-state index is 12.8. The quantitative estimate of drug-likeness (QED) is 0.217. The molecule has 0 fully saturated rings. The van der Waals surface area contributed by atoms with Crippen molar-refractivity contribution >= 4 is 51.7 Å². The highest BCUT2D eigenvalue weighted by Gasteiger charge is 2.17. The van der Waals surface area contributed by atoms with E-state index < -0.39 is 11.9 Å². The molecular weight excluding hydrogens is 458 g/mol. The molecule has 6 nitrogen and oxygen atoms in total. The number of carbonyl (C=O) groups is 3. The average Bonchev–Trinajstić information content (AvgIpc) is 3.28. The van der Waals surface area contributed by atoms with E-state index in [1.54, 1.807) is 35.6 Å². The van der Waals surface area contributed by atoms with Gasteiger partial charge in [0.15, 0.2) is 0 Å². The van der Waals surface area contributed by atoms with Crippen molar-refractivity contribution in [3.8, 4) is 11.5 Å². The zero-order valence-corrected chi connectivity index (χ0v) is 20.4. The summed E-state index contributed by atoms with van der Waals surface area (Å²) in [6.07, 6.45) is 3.00. The summed E-state index contributed by atoms with van der Waals surface area (Å²) in [5, 5.41) is 6.30. The Morgan fingerprint density at radius 3 is 2.45 bits per heavy atom. The topological polar surface area (TPSA) is 81.7 Å². The summed E-state index contributed by atoms with van der Waals surface area (Å²) in [6.45, 7) is 3.13. The summed E-state index contributed by atoms with van der Waals surface area (Å²) in [5.74, 6) is 1.33. The molecule has 0 aliphatic rings. The Morgan fingerprint density at radius 1 is 0.939 bits per heavy atom. The number of fused-ring (bicyclic) bond motifs is 1. The van der Waals surface area contributed by atoms with Crippen molar-refractivity contribution < 1.29 is 23.9 Å². The van der Waals surface area contributed by atoms with Crippen LogP contribution < -0.4 is 14.8 Å². The smallest absolute Gasteiger partial charge is 0.308 e. The molecule has 1 aromatic heterocycles. The first-order valence-electron chi connectivity index (χ1n) is 10.8. The Balaban J connectivity index is 1.57. The predicted octanol–water partition coefficient (Wildman–Crippen LogP) is 5.59. The van der Waals surface area contributed by atoms with Crippen LogP contribution in [0.3, 0.4) is 0 Å². The van der Waals surface area contributed by atoms with Gasteiger partial charge in [-0.2, -0.15) is 11.8 Å². The number of ether oxygens (including phenoxy) is 2. The van der Waals surface area contributed by atoms with Crippen molar-refractivity contribution in [2.45, 2.75) is 38.9 Å². The van der Waals surface area contributed by atoms with Crippen LogP contribution in [-0.4, -0.2) is 30.1 Å². The summed E-state index contributed by atoms with van der Waals surface area (Å²) in [5.41, 5.74) is 0.268. The molecule has 3 rings (SSSR count). The van der Waals surface area contributed by atoms with Gasteiger partial charge in [-0.25, -0.2) is 0 Å². The number of nitrogens with one attached hydrogen (secondary N) is 1. The third kappa shape index (κ3) is 7.61. The Bertz CT molecular complexity index is 1110. The van der Waals surface area contributed by atoms with Gasteiger partial charge in [-0.1, -0.05) is 24.6 Å². The van der Waals surface area contributed by atoms with Crippen molar-refractivity contribution in [1.82, 2.24) is 5.32 Å². The summed E-state index contributed by atoms with van der Waals surface area (Å²) in [7, 11) is 0. The van der Waals surface area contributed by atoms with E-state index in [-0.39, 0.29) is 17.2 Å². The van der Waals surface area contributed by atoms with E-state index in [2.05, 4.69) is 22.8 Å². The Kier molecular flexibility index (Phi) is 9.33. The van der Waals surface area contributed by atoms with Crippen LogP contribution in [0.25, 0.3) is 10.8 Å². The largest absolute Gasteiger partial charge is 0.426 e. The highest BCUT2D eigenvalue weighted by Crippen LogP contribution is 2.32. The van der Waals surface area contributed by atoms with E-state index in [1.807, 2.05) is 17.8 Å². The van der Waals surface area contributed by atoms with Crippen molar-refractivity contribution in [3.05, 3.63) is 58.3 Å². The number of hydrogen-bond acceptors (Lipinski definition) is 7. The minimum absolute atomic E-state index is 0.136. The lowest BCUT2D eigenvalue weighted by atomic mass is 10.0. The van der Waals surface area contributed by atoms with E-state index in [0.717, 1.165) is 30.8 Å². The fourth-order valence-corrected chi connectivity index (χ4v) is 5.17. The third-order valence-electron chi connectivity index (χ3n) is 4.77. The molecule has 0 radical (unpaired) electrons. The SMILES string of the molecule is CC(=O)Oc1cc2c(OC(C)=O)cccc2cc1C(=O)NCCCCCSCc1cccs1. The predicted molar refractivity (Wildman–Crippen MR) is 133 cm³/mol. The zero-order valence-electron chi connectivity index (χ0n) is 18.7. The molecule has 174 valence electrons. The Hall–Kier alpha value is -2.84. The van der Waals surface area contributed by atoms with Gasteiger partial charge in [0.2, 0.25) is 0 Å². The van der Waals surface area contributed by atoms with Crippen LogP contribution in [0.5, 0.6) is 11.5 Å². The fraction of sp³-hybridized carbons (Fsp3) is 0.320. The van der Waals surface area contributed by atoms with Crippen molar-refractivity contribution in [2.24, 2.45) is 0 Å². The molecule has 0 aliphatic heterocycles. The van der Waals surface area contributed by atoms with Gasteiger partial charge in [0.1, 0.15) is 11.5 Å². The average molecular weight is 486 g/mol. The van der Waals surface area contributed by atoms with Crippen molar-refractivity contribution in [1.29, 1.82) is 0 Å². The number of esters is 2. The number of unbranched alkanes of at least 4 members (excludes halogenated alkanes) is 2. The van der Waals surface area contributed by atoms with E-state index in [0.29, 0.717) is 23.1 Å². The van der Waals surface area contributed by atoms with Gasteiger partial charge in [-0.05, 0) is 53.6 Å². The van der Waals surface area contributed by atoms with Gasteiger partial charge < -0.3 is 14.8 Å². The number of thiophene rings is 1. The van der Waals surface area contributed by atoms with Crippen LogP contribution in [0.15, 0.2) is 47.8 Å². The summed E-state index contributed by atoms with van der Waals surface area (Å²) in [6, 6.07) is 12.6. The molecule has 0 saturated heterocycles. The molecule has 33 heavy (non-hydrogen) atoms. The van der Waals surface area contributed by atoms with E-state index in [9.17, 15) is 14.4 Å². The standard InChI is InChI=1S/C25H27NO5S2/c1-17(27)30-23-10-6-8-19-14-22(24(15-21(19)23)31-18(2)28)25(29)26-11-4-3-5-12-32-16-20-9-7-13-33-20/h6-10,13-15H,3-5,11-12,16H2,1-2H3,(H,26,29). The highest BCUT2D eigenvalue weighted by atomic mass is 32.2. The maximum Gasteiger partial charge on any atom is 0.308 e. The number of hydrogen-bond donors (Lipinski definition) is 1. The highest BCUT2D eigenvalue weighted by molar-refractivity contribution is 7.98. The van der Waals surface area contributed by atoms with Gasteiger partial charge in [0.25, 0.3) is 5.91 Å². The fourth-order valence-electron chi connectivity index (χ4n) is 3.31. The van der Waals surface area contributed by atoms with Gasteiger partial charge in [-0.3, -0.25) is 14.4 Å². The molecule has 8 heteroatoms. The lowest BCUT2D eigenvalue weighted by molar-refractivity contribution is -0.132. The normalized spacial score (nSPS) is 10.7. The summed E-state index contributed by atoms with van der Waals surface area (Å²) in [4.78, 5) is 37.2. The summed E-state index contributed by atoms with van der Waals surface area (Å²) < 4.78 is 10.5. The van der Waals surface area contributed by atoms with Crippen molar-refractivity contribution in [3.63, 3.8) is 0 Å². The first-order valence-corrected chi connectivity index (χ1v) is 12.8. The zero-order chi connectivity index (χ0) is 23.6. The minimum Gasteiger partial charge on any atom is -0.426 e. The van der Waals surface area contributed by atoms with Gasteiger partial charge in [0.05, 0.1) is 5.56 Å². The molecule has 3 aromatic rings. The molecule has 1 amide bonds. The maximum absolute atomic E-state index is 12.8. The van der Waals surface area contributed by atoms with Crippen LogP contribution in [0.4, 0.5) is 0 Å². The number of benzene rings is 2. The first kappa shape index (κ1) is 24.8. The molecule has 0 spiro atoms. The number of carbonyl (C=O) groups excluding carboxylic acids is 3. The first-order chi connectivity index (χ1) is 15.9. The second kappa shape index (κ2) is 12.4. The van der Waals surface area contributed by atoms with Crippen LogP contribution in [0.1, 0.15) is 48.3 Å². The van der Waals surface area contributed by atoms with Gasteiger partial charge in [0, 0.05) is 36.4 Å². The van der Waals surface area contributed by atoms with Crippen molar-refractivity contribution in [2.75, 3.05) is 12.3 Å². The molecule has 0 saturated carbocycles. The molecule has 1 heterocycles. The van der Waals surface area contributed by atoms with Gasteiger partial charge in [-0.15, -0.1) is 11.3 Å².